The standard InChI is InChI=1S/C20H19N5O/c26-20(17-5-9-21-10-6-17)25-12-11-24(14-16-3-1-7-22-13-16)19-18(15-25)4-2-8-23-19/h1-10,13H,11-12,14-15H2. The topological polar surface area (TPSA) is 62.2 Å². The summed E-state index contributed by atoms with van der Waals surface area (Å²) in [4.78, 5) is 29.7. The summed E-state index contributed by atoms with van der Waals surface area (Å²) in [5.74, 6) is 0.951. The van der Waals surface area contributed by atoms with Crippen LogP contribution in [0.15, 0.2) is 67.4 Å². The molecule has 130 valence electrons. The van der Waals surface area contributed by atoms with Gasteiger partial charge in [-0.25, -0.2) is 4.98 Å². The number of hydrogen-bond acceptors (Lipinski definition) is 5. The Morgan fingerprint density at radius 2 is 1.81 bits per heavy atom. The number of carbonyl (C=O) groups is 1. The van der Waals surface area contributed by atoms with Gasteiger partial charge in [0.1, 0.15) is 5.82 Å². The Hall–Kier alpha value is -3.28. The molecule has 0 aromatic carbocycles. The van der Waals surface area contributed by atoms with Crippen LogP contribution in [0.5, 0.6) is 0 Å². The molecule has 3 aromatic heterocycles. The fourth-order valence-corrected chi connectivity index (χ4v) is 3.19. The van der Waals surface area contributed by atoms with E-state index in [0.29, 0.717) is 18.7 Å². The Balaban J connectivity index is 1.61. The molecule has 4 heterocycles. The molecule has 0 atom stereocenters. The number of carbonyl (C=O) groups excluding carboxylic acids is 1. The minimum atomic E-state index is 0.0189. The van der Waals surface area contributed by atoms with Gasteiger partial charge in [0.05, 0.1) is 0 Å². The van der Waals surface area contributed by atoms with Crippen LogP contribution in [0.1, 0.15) is 21.5 Å². The van der Waals surface area contributed by atoms with E-state index in [1.165, 1.54) is 0 Å². The number of rotatable bonds is 3. The molecule has 1 amide bonds. The molecule has 1 aliphatic rings. The van der Waals surface area contributed by atoms with Gasteiger partial charge in [-0.3, -0.25) is 14.8 Å². The van der Waals surface area contributed by atoms with Crippen LogP contribution in [0.2, 0.25) is 0 Å². The smallest absolute Gasteiger partial charge is 0.254 e. The predicted octanol–water partition coefficient (Wildman–Crippen LogP) is 2.53. The second-order valence-corrected chi connectivity index (χ2v) is 6.23. The molecule has 0 radical (unpaired) electrons. The van der Waals surface area contributed by atoms with Crippen molar-refractivity contribution in [2.45, 2.75) is 13.1 Å². The van der Waals surface area contributed by atoms with E-state index in [2.05, 4.69) is 25.9 Å². The van der Waals surface area contributed by atoms with E-state index in [-0.39, 0.29) is 5.91 Å². The van der Waals surface area contributed by atoms with Crippen LogP contribution < -0.4 is 4.90 Å². The van der Waals surface area contributed by atoms with Crippen molar-refractivity contribution in [1.29, 1.82) is 0 Å². The first-order valence-electron chi connectivity index (χ1n) is 8.58. The second kappa shape index (κ2) is 7.31. The van der Waals surface area contributed by atoms with E-state index >= 15 is 0 Å². The van der Waals surface area contributed by atoms with E-state index < -0.39 is 0 Å². The highest BCUT2D eigenvalue weighted by Crippen LogP contribution is 2.24. The number of fused-ring (bicyclic) bond motifs is 1. The van der Waals surface area contributed by atoms with Crippen molar-refractivity contribution in [2.24, 2.45) is 0 Å². The zero-order valence-electron chi connectivity index (χ0n) is 14.3. The first-order chi connectivity index (χ1) is 12.8. The molecule has 6 nitrogen and oxygen atoms in total. The molecule has 0 unspecified atom stereocenters. The molecular formula is C20H19N5O. The van der Waals surface area contributed by atoms with Gasteiger partial charge in [0.15, 0.2) is 0 Å². The van der Waals surface area contributed by atoms with Gasteiger partial charge >= 0.3 is 0 Å². The van der Waals surface area contributed by atoms with Gasteiger partial charge in [-0.2, -0.15) is 0 Å². The van der Waals surface area contributed by atoms with Gasteiger partial charge < -0.3 is 9.80 Å². The van der Waals surface area contributed by atoms with Crippen molar-refractivity contribution in [3.05, 3.63) is 84.1 Å². The largest absolute Gasteiger partial charge is 0.350 e. The summed E-state index contributed by atoms with van der Waals surface area (Å²) in [5.41, 5.74) is 2.83. The summed E-state index contributed by atoms with van der Waals surface area (Å²) < 4.78 is 0. The van der Waals surface area contributed by atoms with E-state index in [1.54, 1.807) is 36.9 Å². The molecule has 0 spiro atoms. The number of nitrogens with zero attached hydrogens (tertiary/aromatic N) is 5. The van der Waals surface area contributed by atoms with Gasteiger partial charge in [0, 0.05) is 68.3 Å². The van der Waals surface area contributed by atoms with E-state index in [1.807, 2.05) is 29.3 Å². The number of amides is 1. The van der Waals surface area contributed by atoms with Crippen molar-refractivity contribution < 1.29 is 4.79 Å². The number of anilines is 1. The Morgan fingerprint density at radius 3 is 2.62 bits per heavy atom. The molecule has 1 aliphatic heterocycles. The summed E-state index contributed by atoms with van der Waals surface area (Å²) in [5, 5.41) is 0. The Kier molecular flexibility index (Phi) is 4.55. The third-order valence-corrected chi connectivity index (χ3v) is 4.48. The summed E-state index contributed by atoms with van der Waals surface area (Å²) in [6, 6.07) is 11.5. The molecule has 3 aromatic rings. The van der Waals surface area contributed by atoms with Crippen LogP contribution >= 0.6 is 0 Å². The number of pyridine rings is 3. The molecule has 0 N–H and O–H groups in total. The van der Waals surface area contributed by atoms with Crippen LogP contribution in [0.4, 0.5) is 5.82 Å². The van der Waals surface area contributed by atoms with Crippen molar-refractivity contribution in [3.63, 3.8) is 0 Å². The molecule has 6 heteroatoms. The van der Waals surface area contributed by atoms with Crippen LogP contribution in [0, 0.1) is 0 Å². The average Bonchev–Trinajstić information content (AvgIpc) is 2.89. The molecule has 26 heavy (non-hydrogen) atoms. The Labute approximate surface area is 152 Å². The summed E-state index contributed by atoms with van der Waals surface area (Å²) in [7, 11) is 0. The number of hydrogen-bond donors (Lipinski definition) is 0. The zero-order chi connectivity index (χ0) is 17.8. The molecule has 4 rings (SSSR count). The maximum Gasteiger partial charge on any atom is 0.254 e. The monoisotopic (exact) mass is 345 g/mol. The van der Waals surface area contributed by atoms with E-state index in [4.69, 9.17) is 0 Å². The summed E-state index contributed by atoms with van der Waals surface area (Å²) >= 11 is 0. The zero-order valence-corrected chi connectivity index (χ0v) is 14.3. The van der Waals surface area contributed by atoms with Crippen molar-refractivity contribution in [2.75, 3.05) is 18.0 Å². The lowest BCUT2D eigenvalue weighted by atomic mass is 10.2. The van der Waals surface area contributed by atoms with Crippen LogP contribution in [-0.2, 0) is 13.1 Å². The van der Waals surface area contributed by atoms with Gasteiger partial charge in [-0.1, -0.05) is 12.1 Å². The molecule has 0 saturated heterocycles. The third-order valence-electron chi connectivity index (χ3n) is 4.48. The minimum Gasteiger partial charge on any atom is -0.350 e. The van der Waals surface area contributed by atoms with Crippen molar-refractivity contribution in [3.8, 4) is 0 Å². The first kappa shape index (κ1) is 16.2. The van der Waals surface area contributed by atoms with E-state index in [0.717, 1.165) is 30.0 Å². The Bertz CT molecular complexity index is 885. The third kappa shape index (κ3) is 3.39. The molecule has 0 saturated carbocycles. The normalized spacial score (nSPS) is 13.8. The maximum atomic E-state index is 12.9. The highest BCUT2D eigenvalue weighted by Gasteiger charge is 2.24. The number of aromatic nitrogens is 3. The highest BCUT2D eigenvalue weighted by atomic mass is 16.2. The van der Waals surface area contributed by atoms with Crippen LogP contribution in [0.25, 0.3) is 0 Å². The second-order valence-electron chi connectivity index (χ2n) is 6.23. The average molecular weight is 345 g/mol. The first-order valence-corrected chi connectivity index (χ1v) is 8.58. The Morgan fingerprint density at radius 1 is 0.962 bits per heavy atom. The SMILES string of the molecule is O=C(c1ccncc1)N1CCN(Cc2cccnc2)c2ncccc2C1. The quantitative estimate of drug-likeness (QED) is 0.730. The van der Waals surface area contributed by atoms with Gasteiger partial charge in [0.2, 0.25) is 0 Å². The fourth-order valence-electron chi connectivity index (χ4n) is 3.19. The molecule has 0 fully saturated rings. The van der Waals surface area contributed by atoms with Crippen molar-refractivity contribution in [1.82, 2.24) is 19.9 Å². The van der Waals surface area contributed by atoms with Gasteiger partial charge in [-0.15, -0.1) is 0 Å². The highest BCUT2D eigenvalue weighted by molar-refractivity contribution is 5.94. The van der Waals surface area contributed by atoms with Crippen LogP contribution in [-0.4, -0.2) is 38.8 Å². The van der Waals surface area contributed by atoms with E-state index in [9.17, 15) is 4.79 Å². The fraction of sp³-hybridized carbons (Fsp3) is 0.200. The molecule has 0 aliphatic carbocycles. The lowest BCUT2D eigenvalue weighted by Crippen LogP contribution is -2.35. The summed E-state index contributed by atoms with van der Waals surface area (Å²) in [6.45, 7) is 2.62. The lowest BCUT2D eigenvalue weighted by molar-refractivity contribution is 0.0751. The van der Waals surface area contributed by atoms with Crippen molar-refractivity contribution >= 4 is 11.7 Å². The lowest BCUT2D eigenvalue weighted by Gasteiger charge is -2.24. The van der Waals surface area contributed by atoms with Gasteiger partial charge in [-0.05, 0) is 29.8 Å². The van der Waals surface area contributed by atoms with Gasteiger partial charge in [0.25, 0.3) is 5.91 Å². The van der Waals surface area contributed by atoms with Crippen LogP contribution in [0.3, 0.4) is 0 Å². The molecule has 0 bridgehead atoms. The summed E-state index contributed by atoms with van der Waals surface area (Å²) in [6.07, 6.45) is 8.74. The predicted molar refractivity (Wildman–Crippen MR) is 98.5 cm³/mol. The molecular weight excluding hydrogens is 326 g/mol. The maximum absolute atomic E-state index is 12.9. The minimum absolute atomic E-state index is 0.0189.